The van der Waals surface area contributed by atoms with Crippen LogP contribution < -0.4 is 104 Å². The highest BCUT2D eigenvalue weighted by atomic mass is 16.3. The van der Waals surface area contributed by atoms with Crippen LogP contribution in [0.15, 0.2) is 9.98 Å². The fraction of sp³-hybridized carbons (Fsp3) is 0.652. The minimum absolute atomic E-state index is 0.00371. The Labute approximate surface area is 470 Å². The SMILES string of the molecule is CC(=O)N[C@@H](CCCN=C(N)N)C(=O)N[C@@H](CC(N)=O)C(=O)N[C@@H]1NCCCNC(=O)C[C@@H]2NC(=O)C(C)NC(=O)C(C)NC(=O)[C@H](CCCCNC(=O)[C@@H](C(=O)N[C@@H](CO)C(=O)N[C@@H](CCCN=C(N)N)C(N)=O)CNC2=O)NC1=O. The smallest absolute Gasteiger partial charge is 0.258 e. The van der Waals surface area contributed by atoms with Gasteiger partial charge >= 0.3 is 0 Å². The van der Waals surface area contributed by atoms with E-state index in [1.54, 1.807) is 0 Å². The lowest BCUT2D eigenvalue weighted by atomic mass is 10.0. The van der Waals surface area contributed by atoms with Gasteiger partial charge in [0.25, 0.3) is 5.91 Å². The number of hydrogen-bond donors (Lipinski definition) is 20. The number of carbonyl (C=O) groups excluding carboxylic acids is 14. The summed E-state index contributed by atoms with van der Waals surface area (Å²) in [6, 6.07) is -12.3. The lowest BCUT2D eigenvalue weighted by Gasteiger charge is -2.27. The highest BCUT2D eigenvalue weighted by Gasteiger charge is 2.36. The van der Waals surface area contributed by atoms with Crippen LogP contribution in [-0.2, 0) is 67.1 Å². The summed E-state index contributed by atoms with van der Waals surface area (Å²) in [7, 11) is 0. The van der Waals surface area contributed by atoms with Gasteiger partial charge < -0.3 is 103 Å². The number of primary amides is 2. The van der Waals surface area contributed by atoms with Crippen LogP contribution in [0.25, 0.3) is 0 Å². The molecule has 0 saturated carbocycles. The van der Waals surface area contributed by atoms with Crippen LogP contribution in [0, 0.1) is 5.92 Å². The number of aliphatic hydroxyl groups is 1. The number of fused-ring (bicyclic) bond motifs is 9. The molecule has 2 saturated heterocycles. The topological polar surface area (TPSA) is 596 Å². The Morgan fingerprint density at radius 2 is 1.15 bits per heavy atom. The number of nitrogens with zero attached hydrogens (tertiary/aromatic N) is 2. The van der Waals surface area contributed by atoms with Gasteiger partial charge in [-0.15, -0.1) is 0 Å². The zero-order valence-electron chi connectivity index (χ0n) is 45.8. The van der Waals surface area contributed by atoms with Crippen molar-refractivity contribution in [3.63, 3.8) is 0 Å². The lowest BCUT2D eigenvalue weighted by molar-refractivity contribution is -0.139. The van der Waals surface area contributed by atoms with Gasteiger partial charge in [0.2, 0.25) is 76.8 Å². The molecule has 26 N–H and O–H groups in total. The molecular formula is C46H79N21O15. The Bertz CT molecular complexity index is 2380. The van der Waals surface area contributed by atoms with Crippen LogP contribution in [0.1, 0.15) is 85.0 Å². The van der Waals surface area contributed by atoms with Crippen LogP contribution in [0.4, 0.5) is 0 Å². The van der Waals surface area contributed by atoms with Crippen molar-refractivity contribution in [3.8, 4) is 0 Å². The zero-order chi connectivity index (χ0) is 61.6. The van der Waals surface area contributed by atoms with Crippen molar-refractivity contribution in [2.24, 2.45) is 50.3 Å². The molecule has 2 heterocycles. The van der Waals surface area contributed by atoms with Crippen LogP contribution in [-0.4, -0.2) is 200 Å². The molecule has 82 heavy (non-hydrogen) atoms. The predicted molar refractivity (Wildman–Crippen MR) is 288 cm³/mol. The largest absolute Gasteiger partial charge is 0.394 e. The quantitative estimate of drug-likeness (QED) is 0.0167. The summed E-state index contributed by atoms with van der Waals surface area (Å²) < 4.78 is 0. The first-order valence-electron chi connectivity index (χ1n) is 26.2. The van der Waals surface area contributed by atoms with Crippen LogP contribution in [0.3, 0.4) is 0 Å². The van der Waals surface area contributed by atoms with Gasteiger partial charge in [-0.2, -0.15) is 0 Å². The number of hydrogen-bond acceptors (Lipinski definition) is 18. The molecule has 2 aliphatic heterocycles. The maximum atomic E-state index is 14.2. The molecule has 458 valence electrons. The molecule has 10 atom stereocenters. The molecule has 0 aliphatic carbocycles. The average molecular weight is 1170 g/mol. The number of carbonyl (C=O) groups is 14. The van der Waals surface area contributed by atoms with E-state index in [-0.39, 0.29) is 96.0 Å². The number of aliphatic imine (C=N–C) groups is 2. The van der Waals surface area contributed by atoms with Crippen molar-refractivity contribution in [2.75, 3.05) is 45.9 Å². The fourth-order valence-corrected chi connectivity index (χ4v) is 7.75. The molecule has 36 nitrogen and oxygen atoms in total. The fourth-order valence-electron chi connectivity index (χ4n) is 7.75. The van der Waals surface area contributed by atoms with Gasteiger partial charge in [0.05, 0.1) is 19.4 Å². The second kappa shape index (κ2) is 35.6. The number of nitrogens with two attached hydrogens (primary N) is 6. The number of aliphatic hydroxyl groups excluding tert-OH is 1. The first-order valence-corrected chi connectivity index (χ1v) is 26.2. The number of guanidine groups is 2. The summed E-state index contributed by atoms with van der Waals surface area (Å²) in [4.78, 5) is 195. The lowest BCUT2D eigenvalue weighted by Crippen LogP contribution is -2.63. The average Bonchev–Trinajstić information content (AvgIpc) is 3.42. The molecule has 0 spiro atoms. The van der Waals surface area contributed by atoms with Crippen molar-refractivity contribution >= 4 is 94.6 Å². The molecule has 0 aromatic heterocycles. The molecule has 2 unspecified atom stereocenters. The van der Waals surface area contributed by atoms with E-state index in [1.807, 2.05) is 0 Å². The Kier molecular flexibility index (Phi) is 30.0. The van der Waals surface area contributed by atoms with Crippen LogP contribution in [0.2, 0.25) is 0 Å². The van der Waals surface area contributed by atoms with Crippen molar-refractivity contribution < 1.29 is 72.2 Å². The number of amides is 14. The van der Waals surface area contributed by atoms with E-state index >= 15 is 0 Å². The first-order chi connectivity index (χ1) is 38.6. The molecule has 36 heteroatoms. The molecule has 0 radical (unpaired) electrons. The van der Waals surface area contributed by atoms with Crippen molar-refractivity contribution in [1.82, 2.24) is 69.1 Å². The van der Waals surface area contributed by atoms with E-state index in [9.17, 15) is 72.2 Å². The van der Waals surface area contributed by atoms with Crippen molar-refractivity contribution in [3.05, 3.63) is 0 Å². The maximum Gasteiger partial charge on any atom is 0.258 e. The summed E-state index contributed by atoms with van der Waals surface area (Å²) in [5.74, 6) is -16.5. The van der Waals surface area contributed by atoms with Gasteiger partial charge in [-0.1, -0.05) is 0 Å². The third-order valence-corrected chi connectivity index (χ3v) is 12.2. The van der Waals surface area contributed by atoms with Gasteiger partial charge in [0, 0.05) is 39.6 Å². The van der Waals surface area contributed by atoms with Crippen LogP contribution >= 0.6 is 0 Å². The van der Waals surface area contributed by atoms with Gasteiger partial charge in [0.15, 0.2) is 18.1 Å². The van der Waals surface area contributed by atoms with Crippen LogP contribution in [0.5, 0.6) is 0 Å². The zero-order valence-corrected chi connectivity index (χ0v) is 45.8. The monoisotopic (exact) mass is 1170 g/mol. The minimum atomic E-state index is -1.90. The summed E-state index contributed by atoms with van der Waals surface area (Å²) >= 11 is 0. The Morgan fingerprint density at radius 3 is 1.73 bits per heavy atom. The Balaban J connectivity index is 2.60. The summed E-state index contributed by atoms with van der Waals surface area (Å²) in [6.07, 6.45) is -3.37. The van der Waals surface area contributed by atoms with Crippen molar-refractivity contribution in [2.45, 2.75) is 139 Å². The Hall–Kier alpha value is -8.96. The van der Waals surface area contributed by atoms with E-state index < -0.39 is 169 Å². The Morgan fingerprint density at radius 1 is 0.585 bits per heavy atom. The van der Waals surface area contributed by atoms with E-state index in [4.69, 9.17) is 34.4 Å². The predicted octanol–water partition coefficient (Wildman–Crippen LogP) is -11.6. The summed E-state index contributed by atoms with van der Waals surface area (Å²) in [6.45, 7) is 1.19. The second-order valence-electron chi connectivity index (χ2n) is 19.1. The highest BCUT2D eigenvalue weighted by molar-refractivity contribution is 6.03. The number of nitrogens with one attached hydrogen (secondary N) is 13. The summed E-state index contributed by atoms with van der Waals surface area (Å²) in [5, 5.41) is 41.7. The van der Waals surface area contributed by atoms with E-state index in [0.717, 1.165) is 6.92 Å². The van der Waals surface area contributed by atoms with Crippen molar-refractivity contribution in [1.29, 1.82) is 0 Å². The third kappa shape index (κ3) is 25.9. The van der Waals surface area contributed by atoms with Gasteiger partial charge in [-0.25, -0.2) is 0 Å². The standard InChI is InChI=1S/C46H79N21O15/c1-21-35(73)59-22(2)36(74)64-29-18-32(71)53-15-8-16-54-34(67-42(80)28(17-31(47)70)65-41(79)26(61-23(3)69)11-7-14-57-46(51)52)44(82)63-27(40(78)60-21)9-4-5-12-55-37(75)24(19-58-39(29)77)38(76)66-30(20-68)43(81)62-25(33(48)72)10-6-13-56-45(49)50/h21-22,24-30,34,54,68H,4-20H2,1-3H3,(H2,47,70)(H2,48,72)(H,53,71)(H,55,75)(H,58,77)(H,59,73)(H,60,78)(H,61,69)(H,62,81)(H,63,82)(H,64,74)(H,65,79)(H,66,76)(H,67,80)(H4,49,50,56)(H4,51,52,57)/t21?,22?,24-,25-,26-,27-,28-,29-,30-,34-/m0/s1. The van der Waals surface area contributed by atoms with Gasteiger partial charge in [0.1, 0.15) is 54.3 Å². The first kappa shape index (κ1) is 69.1. The van der Waals surface area contributed by atoms with Gasteiger partial charge in [-0.3, -0.25) is 82.4 Å². The number of rotatable bonds is 21. The molecule has 2 bridgehead atoms. The van der Waals surface area contributed by atoms with E-state index in [2.05, 4.69) is 79.1 Å². The molecule has 0 aromatic carbocycles. The summed E-state index contributed by atoms with van der Waals surface area (Å²) in [5.41, 5.74) is 32.3. The molecule has 2 fully saturated rings. The second-order valence-corrected chi connectivity index (χ2v) is 19.1. The normalized spacial score (nSPS) is 22.4. The molecule has 0 aromatic rings. The minimum Gasteiger partial charge on any atom is -0.394 e. The molecular weight excluding hydrogens is 1090 g/mol. The van der Waals surface area contributed by atoms with E-state index in [1.165, 1.54) is 13.8 Å². The van der Waals surface area contributed by atoms with Gasteiger partial charge in [-0.05, 0) is 71.8 Å². The molecule has 2 aliphatic rings. The van der Waals surface area contributed by atoms with E-state index in [0.29, 0.717) is 0 Å². The molecule has 14 amide bonds. The highest BCUT2D eigenvalue weighted by Crippen LogP contribution is 2.08. The maximum absolute atomic E-state index is 14.2. The molecule has 2 rings (SSSR count). The third-order valence-electron chi connectivity index (χ3n) is 12.2.